The topological polar surface area (TPSA) is 58.6 Å². The molecule has 0 unspecified atom stereocenters. The Labute approximate surface area is 180 Å². The average Bonchev–Trinajstić information content (AvgIpc) is 2.73. The van der Waals surface area contributed by atoms with Crippen molar-refractivity contribution < 1.29 is 14.3 Å². The molecule has 0 aliphatic rings. The van der Waals surface area contributed by atoms with Gasteiger partial charge in [-0.05, 0) is 35.6 Å². The zero-order valence-electron chi connectivity index (χ0n) is 18.7. The van der Waals surface area contributed by atoms with Crippen LogP contribution in [0.1, 0.15) is 51.3 Å². The maximum absolute atomic E-state index is 13.3. The van der Waals surface area contributed by atoms with Crippen LogP contribution in [0.4, 0.5) is 0 Å². The molecule has 2 aromatic rings. The predicted molar refractivity (Wildman–Crippen MR) is 120 cm³/mol. The van der Waals surface area contributed by atoms with Gasteiger partial charge in [-0.3, -0.25) is 9.59 Å². The molecular formula is C25H34N2O3. The molecule has 0 saturated heterocycles. The average molecular weight is 411 g/mol. The van der Waals surface area contributed by atoms with E-state index in [2.05, 4.69) is 19.2 Å². The van der Waals surface area contributed by atoms with E-state index in [-0.39, 0.29) is 17.7 Å². The molecule has 0 saturated carbocycles. The Balaban J connectivity index is 2.37. The fourth-order valence-electron chi connectivity index (χ4n) is 3.24. The molecule has 5 heteroatoms. The lowest BCUT2D eigenvalue weighted by Gasteiger charge is -2.33. The van der Waals surface area contributed by atoms with Crippen molar-refractivity contribution in [2.75, 3.05) is 13.7 Å². The van der Waals surface area contributed by atoms with Crippen LogP contribution in [-0.2, 0) is 16.1 Å². The molecule has 0 heterocycles. The Morgan fingerprint density at radius 1 is 0.967 bits per heavy atom. The van der Waals surface area contributed by atoms with Crippen LogP contribution in [0.5, 0.6) is 5.75 Å². The van der Waals surface area contributed by atoms with Crippen molar-refractivity contribution in [1.82, 2.24) is 10.2 Å². The number of benzene rings is 2. The predicted octanol–water partition coefficient (Wildman–Crippen LogP) is 4.58. The minimum atomic E-state index is -0.685. The van der Waals surface area contributed by atoms with E-state index in [9.17, 15) is 9.59 Å². The van der Waals surface area contributed by atoms with Crippen molar-refractivity contribution in [2.24, 2.45) is 11.8 Å². The van der Waals surface area contributed by atoms with Gasteiger partial charge in [0.05, 0.1) is 7.11 Å². The number of hydrogen-bond acceptors (Lipinski definition) is 3. The van der Waals surface area contributed by atoms with Crippen molar-refractivity contribution in [3.05, 3.63) is 65.7 Å². The lowest BCUT2D eigenvalue weighted by Crippen LogP contribution is -2.45. The van der Waals surface area contributed by atoms with E-state index in [0.29, 0.717) is 19.0 Å². The molecule has 1 atom stereocenters. The quantitative estimate of drug-likeness (QED) is 0.624. The molecule has 162 valence electrons. The van der Waals surface area contributed by atoms with Crippen LogP contribution in [0.25, 0.3) is 0 Å². The van der Waals surface area contributed by atoms with Crippen LogP contribution in [0.3, 0.4) is 0 Å². The van der Waals surface area contributed by atoms with Crippen molar-refractivity contribution in [1.29, 1.82) is 0 Å². The van der Waals surface area contributed by atoms with E-state index in [1.807, 2.05) is 68.4 Å². The first-order valence-corrected chi connectivity index (χ1v) is 10.6. The van der Waals surface area contributed by atoms with Gasteiger partial charge < -0.3 is 15.0 Å². The van der Waals surface area contributed by atoms with Gasteiger partial charge in [0.1, 0.15) is 11.8 Å². The number of carbonyl (C=O) groups is 2. The zero-order valence-corrected chi connectivity index (χ0v) is 18.7. The zero-order chi connectivity index (χ0) is 22.1. The number of rotatable bonds is 10. The first-order valence-electron chi connectivity index (χ1n) is 10.6. The van der Waals surface area contributed by atoms with E-state index in [0.717, 1.165) is 23.3 Å². The van der Waals surface area contributed by atoms with E-state index < -0.39 is 6.04 Å². The molecular weight excluding hydrogens is 376 g/mol. The Bertz CT molecular complexity index is 801. The summed E-state index contributed by atoms with van der Waals surface area (Å²) in [4.78, 5) is 28.1. The van der Waals surface area contributed by atoms with Gasteiger partial charge in [-0.15, -0.1) is 0 Å². The maximum Gasteiger partial charge on any atom is 0.247 e. The number of nitrogens with one attached hydrogen (secondary N) is 1. The summed E-state index contributed by atoms with van der Waals surface area (Å²) in [5, 5.41) is 3.04. The number of nitrogens with zero attached hydrogens (tertiary/aromatic N) is 1. The van der Waals surface area contributed by atoms with Gasteiger partial charge in [0.15, 0.2) is 0 Å². The highest BCUT2D eigenvalue weighted by molar-refractivity contribution is 5.89. The summed E-state index contributed by atoms with van der Waals surface area (Å²) in [5.74, 6) is 0.820. The van der Waals surface area contributed by atoms with Gasteiger partial charge in [-0.2, -0.15) is 0 Å². The third-order valence-electron chi connectivity index (χ3n) is 4.99. The third-order valence-corrected chi connectivity index (χ3v) is 4.99. The summed E-state index contributed by atoms with van der Waals surface area (Å²) in [7, 11) is 1.62. The smallest absolute Gasteiger partial charge is 0.247 e. The highest BCUT2D eigenvalue weighted by Gasteiger charge is 2.32. The molecule has 1 N–H and O–H groups in total. The van der Waals surface area contributed by atoms with Gasteiger partial charge >= 0.3 is 0 Å². The van der Waals surface area contributed by atoms with Crippen LogP contribution >= 0.6 is 0 Å². The van der Waals surface area contributed by atoms with Crippen molar-refractivity contribution >= 4 is 11.8 Å². The summed E-state index contributed by atoms with van der Waals surface area (Å²) < 4.78 is 5.23. The molecule has 0 aromatic heterocycles. The summed E-state index contributed by atoms with van der Waals surface area (Å²) in [6.45, 7) is 8.91. The van der Waals surface area contributed by atoms with Crippen LogP contribution < -0.4 is 10.1 Å². The first kappa shape index (κ1) is 23.5. The fourth-order valence-corrected chi connectivity index (χ4v) is 3.24. The monoisotopic (exact) mass is 410 g/mol. The Hall–Kier alpha value is -2.82. The molecule has 0 bridgehead atoms. The van der Waals surface area contributed by atoms with Gasteiger partial charge in [-0.25, -0.2) is 0 Å². The van der Waals surface area contributed by atoms with Crippen LogP contribution in [0.2, 0.25) is 0 Å². The number of hydrogen-bond donors (Lipinski definition) is 1. The van der Waals surface area contributed by atoms with E-state index in [1.54, 1.807) is 12.0 Å². The van der Waals surface area contributed by atoms with Crippen molar-refractivity contribution in [3.63, 3.8) is 0 Å². The minimum Gasteiger partial charge on any atom is -0.497 e. The Morgan fingerprint density at radius 2 is 1.60 bits per heavy atom. The van der Waals surface area contributed by atoms with Crippen LogP contribution in [0, 0.1) is 11.8 Å². The molecule has 30 heavy (non-hydrogen) atoms. The van der Waals surface area contributed by atoms with E-state index >= 15 is 0 Å². The first-order chi connectivity index (χ1) is 14.3. The normalized spacial score (nSPS) is 12.0. The van der Waals surface area contributed by atoms with Gasteiger partial charge in [0.25, 0.3) is 0 Å². The lowest BCUT2D eigenvalue weighted by atomic mass is 10.0. The SMILES string of the molecule is COc1ccc(CN(C(=O)C(C)C)[C@H](C(=O)NCCC(C)C)c2ccccc2)cc1. The standard InChI is InChI=1S/C25H34N2O3/c1-18(2)15-16-26-24(28)23(21-9-7-6-8-10-21)27(25(29)19(3)4)17-20-11-13-22(30-5)14-12-20/h6-14,18-19,23H,15-17H2,1-5H3,(H,26,28)/t23-/m0/s1. The van der Waals surface area contributed by atoms with Gasteiger partial charge in [-0.1, -0.05) is 70.2 Å². The Kier molecular flexibility index (Phi) is 8.90. The maximum atomic E-state index is 13.3. The van der Waals surface area contributed by atoms with Crippen molar-refractivity contribution in [2.45, 2.75) is 46.7 Å². The molecule has 2 rings (SSSR count). The number of methoxy groups -OCH3 is 1. The summed E-state index contributed by atoms with van der Waals surface area (Å²) in [5.41, 5.74) is 1.75. The summed E-state index contributed by atoms with van der Waals surface area (Å²) in [6.07, 6.45) is 0.893. The van der Waals surface area contributed by atoms with Gasteiger partial charge in [0, 0.05) is 19.0 Å². The molecule has 0 aliphatic carbocycles. The highest BCUT2D eigenvalue weighted by atomic mass is 16.5. The molecule has 0 fully saturated rings. The lowest BCUT2D eigenvalue weighted by molar-refractivity contribution is -0.144. The number of amides is 2. The van der Waals surface area contributed by atoms with Crippen LogP contribution in [0.15, 0.2) is 54.6 Å². The second-order valence-corrected chi connectivity index (χ2v) is 8.26. The highest BCUT2D eigenvalue weighted by Crippen LogP contribution is 2.26. The minimum absolute atomic E-state index is 0.0568. The number of carbonyl (C=O) groups excluding carboxylic acids is 2. The summed E-state index contributed by atoms with van der Waals surface area (Å²) >= 11 is 0. The second-order valence-electron chi connectivity index (χ2n) is 8.26. The molecule has 0 spiro atoms. The van der Waals surface area contributed by atoms with Crippen molar-refractivity contribution in [3.8, 4) is 5.75 Å². The molecule has 0 radical (unpaired) electrons. The van der Waals surface area contributed by atoms with E-state index in [1.165, 1.54) is 0 Å². The fraction of sp³-hybridized carbons (Fsp3) is 0.440. The largest absolute Gasteiger partial charge is 0.497 e. The Morgan fingerprint density at radius 3 is 2.13 bits per heavy atom. The van der Waals surface area contributed by atoms with Gasteiger partial charge in [0.2, 0.25) is 11.8 Å². The molecule has 5 nitrogen and oxygen atoms in total. The number of ether oxygens (including phenoxy) is 1. The molecule has 2 amide bonds. The summed E-state index contributed by atoms with van der Waals surface area (Å²) in [6, 6.07) is 16.4. The van der Waals surface area contributed by atoms with Crippen LogP contribution in [-0.4, -0.2) is 30.4 Å². The van der Waals surface area contributed by atoms with E-state index in [4.69, 9.17) is 4.74 Å². The molecule has 2 aromatic carbocycles. The third kappa shape index (κ3) is 6.61. The molecule has 0 aliphatic heterocycles. The second kappa shape index (κ2) is 11.4.